The molecule has 0 unspecified atom stereocenters. The van der Waals surface area contributed by atoms with Crippen molar-refractivity contribution in [1.29, 1.82) is 0 Å². The zero-order valence-electron chi connectivity index (χ0n) is 13.3. The summed E-state index contributed by atoms with van der Waals surface area (Å²) in [5.74, 6) is -2.02. The SMILES string of the molecule is Cc1ccc(N2C(=O)[C@H]3[C@H](C2=O)[C@@H]2C=C[C@H]3C(=O)N2C)c(C)c1. The Kier molecular flexibility index (Phi) is 2.80. The fraction of sp³-hybridized carbons (Fsp3) is 0.389. The van der Waals surface area contributed by atoms with Gasteiger partial charge in [-0.2, -0.15) is 0 Å². The van der Waals surface area contributed by atoms with E-state index in [1.807, 2.05) is 38.1 Å². The van der Waals surface area contributed by atoms with E-state index in [0.29, 0.717) is 5.69 Å². The highest BCUT2D eigenvalue weighted by Gasteiger charge is 2.61. The number of rotatable bonds is 1. The quantitative estimate of drug-likeness (QED) is 0.582. The van der Waals surface area contributed by atoms with Crippen molar-refractivity contribution in [2.24, 2.45) is 17.8 Å². The Morgan fingerprint density at radius 3 is 2.30 bits per heavy atom. The van der Waals surface area contributed by atoms with Crippen LogP contribution in [0.2, 0.25) is 0 Å². The van der Waals surface area contributed by atoms with Gasteiger partial charge in [-0.05, 0) is 25.5 Å². The molecule has 3 heterocycles. The van der Waals surface area contributed by atoms with Gasteiger partial charge in [-0.15, -0.1) is 0 Å². The summed E-state index contributed by atoms with van der Waals surface area (Å²) in [5.41, 5.74) is 2.61. The molecule has 3 aliphatic heterocycles. The Morgan fingerprint density at radius 1 is 0.913 bits per heavy atom. The zero-order valence-corrected chi connectivity index (χ0v) is 13.3. The van der Waals surface area contributed by atoms with Gasteiger partial charge in [-0.1, -0.05) is 29.8 Å². The van der Waals surface area contributed by atoms with Crippen LogP contribution in [0.25, 0.3) is 0 Å². The van der Waals surface area contributed by atoms with E-state index in [-0.39, 0.29) is 23.8 Å². The largest absolute Gasteiger partial charge is 0.338 e. The number of amides is 3. The van der Waals surface area contributed by atoms with Crippen molar-refractivity contribution in [3.8, 4) is 0 Å². The van der Waals surface area contributed by atoms with Crippen molar-refractivity contribution in [3.05, 3.63) is 41.5 Å². The fourth-order valence-electron chi connectivity index (χ4n) is 4.20. The third-order valence-corrected chi connectivity index (χ3v) is 5.34. The van der Waals surface area contributed by atoms with Gasteiger partial charge in [0.25, 0.3) is 0 Å². The van der Waals surface area contributed by atoms with Crippen molar-refractivity contribution in [3.63, 3.8) is 0 Å². The van der Waals surface area contributed by atoms with E-state index in [0.717, 1.165) is 11.1 Å². The van der Waals surface area contributed by atoms with Crippen LogP contribution in [-0.4, -0.2) is 35.7 Å². The number of piperidine rings is 1. The Hall–Kier alpha value is -2.43. The lowest BCUT2D eigenvalue weighted by Gasteiger charge is -2.44. The van der Waals surface area contributed by atoms with Crippen molar-refractivity contribution in [1.82, 2.24) is 4.90 Å². The predicted octanol–water partition coefficient (Wildman–Crippen LogP) is 1.44. The van der Waals surface area contributed by atoms with Crippen LogP contribution < -0.4 is 4.90 Å². The third-order valence-electron chi connectivity index (χ3n) is 5.34. The molecular formula is C18H18N2O3. The van der Waals surface area contributed by atoms with Gasteiger partial charge in [-0.3, -0.25) is 14.4 Å². The molecule has 0 N–H and O–H groups in total. The Morgan fingerprint density at radius 2 is 1.61 bits per heavy atom. The van der Waals surface area contributed by atoms with Gasteiger partial charge in [0.15, 0.2) is 0 Å². The van der Waals surface area contributed by atoms with Gasteiger partial charge >= 0.3 is 0 Å². The number of anilines is 1. The van der Waals surface area contributed by atoms with Crippen molar-refractivity contribution in [2.45, 2.75) is 19.9 Å². The van der Waals surface area contributed by atoms with Gasteiger partial charge in [0.2, 0.25) is 17.7 Å². The first-order valence-corrected chi connectivity index (χ1v) is 7.82. The van der Waals surface area contributed by atoms with Crippen molar-refractivity contribution in [2.75, 3.05) is 11.9 Å². The first-order valence-electron chi connectivity index (χ1n) is 7.82. The molecular weight excluding hydrogens is 292 g/mol. The average molecular weight is 310 g/mol. The van der Waals surface area contributed by atoms with Crippen molar-refractivity contribution < 1.29 is 14.4 Å². The van der Waals surface area contributed by atoms with Gasteiger partial charge in [0, 0.05) is 7.05 Å². The number of likely N-dealkylation sites (N-methyl/N-ethyl adjacent to an activating group) is 1. The number of hydrogen-bond donors (Lipinski definition) is 0. The van der Waals surface area contributed by atoms with Crippen LogP contribution in [0, 0.1) is 31.6 Å². The molecule has 2 saturated heterocycles. The van der Waals surface area contributed by atoms with Crippen LogP contribution in [0.3, 0.4) is 0 Å². The van der Waals surface area contributed by atoms with E-state index in [2.05, 4.69) is 0 Å². The number of aryl methyl sites for hydroxylation is 2. The van der Waals surface area contributed by atoms with E-state index in [1.165, 1.54) is 4.90 Å². The van der Waals surface area contributed by atoms with Crippen LogP contribution in [0.4, 0.5) is 5.69 Å². The summed E-state index contributed by atoms with van der Waals surface area (Å²) in [6.07, 6.45) is 3.69. The van der Waals surface area contributed by atoms with E-state index in [1.54, 1.807) is 18.0 Å². The van der Waals surface area contributed by atoms with Gasteiger partial charge in [-0.25, -0.2) is 4.90 Å². The molecule has 1 aromatic rings. The van der Waals surface area contributed by atoms with Gasteiger partial charge < -0.3 is 4.90 Å². The summed E-state index contributed by atoms with van der Waals surface area (Å²) >= 11 is 0. The Labute approximate surface area is 134 Å². The second-order valence-corrected chi connectivity index (χ2v) is 6.70. The topological polar surface area (TPSA) is 57.7 Å². The lowest BCUT2D eigenvalue weighted by atomic mass is 9.70. The highest BCUT2D eigenvalue weighted by atomic mass is 16.2. The zero-order chi connectivity index (χ0) is 16.5. The van der Waals surface area contributed by atoms with Crippen LogP contribution in [0.1, 0.15) is 11.1 Å². The molecule has 23 heavy (non-hydrogen) atoms. The molecule has 0 aromatic heterocycles. The molecule has 2 fully saturated rings. The minimum absolute atomic E-state index is 0.0672. The number of imide groups is 1. The third kappa shape index (κ3) is 1.70. The maximum atomic E-state index is 13.0. The maximum absolute atomic E-state index is 13.0. The molecule has 3 amide bonds. The first kappa shape index (κ1) is 14.2. The van der Waals surface area contributed by atoms with Crippen LogP contribution in [0.5, 0.6) is 0 Å². The first-order chi connectivity index (χ1) is 10.9. The second-order valence-electron chi connectivity index (χ2n) is 6.70. The van der Waals surface area contributed by atoms with Crippen molar-refractivity contribution >= 4 is 23.4 Å². The summed E-state index contributed by atoms with van der Waals surface area (Å²) in [4.78, 5) is 41.1. The molecule has 1 aromatic carbocycles. The summed E-state index contributed by atoms with van der Waals surface area (Å²) < 4.78 is 0. The van der Waals surface area contributed by atoms with Crippen LogP contribution in [-0.2, 0) is 14.4 Å². The molecule has 0 radical (unpaired) electrons. The van der Waals surface area contributed by atoms with E-state index < -0.39 is 17.8 Å². The second kappa shape index (κ2) is 4.54. The Balaban J connectivity index is 1.81. The van der Waals surface area contributed by atoms with Crippen LogP contribution >= 0.6 is 0 Å². The fourth-order valence-corrected chi connectivity index (χ4v) is 4.20. The molecule has 2 bridgehead atoms. The monoisotopic (exact) mass is 310 g/mol. The number of nitrogens with zero attached hydrogens (tertiary/aromatic N) is 2. The molecule has 4 aliphatic rings. The molecule has 5 nitrogen and oxygen atoms in total. The lowest BCUT2D eigenvalue weighted by Crippen LogP contribution is -2.57. The molecule has 5 rings (SSSR count). The number of carbonyl (C=O) groups excluding carboxylic acids is 3. The molecule has 4 atom stereocenters. The highest BCUT2D eigenvalue weighted by Crippen LogP contribution is 2.46. The van der Waals surface area contributed by atoms with E-state index in [9.17, 15) is 14.4 Å². The average Bonchev–Trinajstić information content (AvgIpc) is 2.77. The van der Waals surface area contributed by atoms with Crippen LogP contribution in [0.15, 0.2) is 30.4 Å². The Bertz CT molecular complexity index is 782. The van der Waals surface area contributed by atoms with E-state index in [4.69, 9.17) is 0 Å². The number of benzene rings is 1. The van der Waals surface area contributed by atoms with Gasteiger partial charge in [0.1, 0.15) is 0 Å². The number of carbonyl (C=O) groups is 3. The summed E-state index contributed by atoms with van der Waals surface area (Å²) in [7, 11) is 1.71. The molecule has 1 aliphatic carbocycles. The summed E-state index contributed by atoms with van der Waals surface area (Å²) in [6.45, 7) is 3.87. The molecule has 5 heteroatoms. The maximum Gasteiger partial charge on any atom is 0.240 e. The number of fused-ring (bicyclic) bond motifs is 1. The van der Waals surface area contributed by atoms with Gasteiger partial charge in [0.05, 0.1) is 29.5 Å². The minimum atomic E-state index is -0.554. The number of hydrogen-bond acceptors (Lipinski definition) is 3. The highest BCUT2D eigenvalue weighted by molar-refractivity contribution is 6.24. The molecule has 0 saturated carbocycles. The normalized spacial score (nSPS) is 32.0. The standard InChI is InChI=1S/C18H18N2O3/c1-9-4-6-12(10(2)8-9)20-17(22)14-11-5-7-13(15(14)18(20)23)19(3)16(11)21/h4-8,11,13-15H,1-3H3/t11-,13+,14-,15-/m1/s1. The lowest BCUT2D eigenvalue weighted by molar-refractivity contribution is -0.148. The predicted molar refractivity (Wildman–Crippen MR) is 84.6 cm³/mol. The summed E-state index contributed by atoms with van der Waals surface area (Å²) in [5, 5.41) is 0. The summed E-state index contributed by atoms with van der Waals surface area (Å²) in [6, 6.07) is 5.36. The molecule has 118 valence electrons. The smallest absolute Gasteiger partial charge is 0.240 e. The molecule has 0 spiro atoms. The van der Waals surface area contributed by atoms with E-state index >= 15 is 0 Å². The minimum Gasteiger partial charge on any atom is -0.338 e.